The number of unbranched alkanes of at least 4 members (excludes halogenated alkanes) is 1. The Morgan fingerprint density at radius 1 is 1.43 bits per heavy atom. The van der Waals surface area contributed by atoms with Crippen LogP contribution in [-0.2, 0) is 10.0 Å². The van der Waals surface area contributed by atoms with Crippen molar-refractivity contribution >= 4 is 10.0 Å². The van der Waals surface area contributed by atoms with E-state index in [0.717, 1.165) is 0 Å². The Morgan fingerprint density at radius 2 is 2.00 bits per heavy atom. The van der Waals surface area contributed by atoms with E-state index in [4.69, 9.17) is 10.8 Å². The Bertz CT molecular complexity index is 241. The average molecular weight is 224 g/mol. The van der Waals surface area contributed by atoms with Gasteiger partial charge in [-0.05, 0) is 26.3 Å². The lowest BCUT2D eigenvalue weighted by atomic mass is 10.3. The van der Waals surface area contributed by atoms with E-state index in [1.54, 1.807) is 6.92 Å². The zero-order valence-electron chi connectivity index (χ0n) is 8.81. The van der Waals surface area contributed by atoms with Crippen LogP contribution in [-0.4, -0.2) is 49.8 Å². The lowest BCUT2D eigenvalue weighted by Gasteiger charge is -2.22. The number of rotatable bonds is 7. The van der Waals surface area contributed by atoms with Crippen molar-refractivity contribution in [1.82, 2.24) is 4.31 Å². The van der Waals surface area contributed by atoms with Gasteiger partial charge in [0.15, 0.2) is 0 Å². The minimum Gasteiger partial charge on any atom is -0.395 e. The van der Waals surface area contributed by atoms with Crippen molar-refractivity contribution in [2.24, 2.45) is 5.73 Å². The number of aliphatic hydroxyl groups excluding tert-OH is 1. The quantitative estimate of drug-likeness (QED) is 0.564. The summed E-state index contributed by atoms with van der Waals surface area (Å²) in [5.74, 6) is 0.102. The highest BCUT2D eigenvalue weighted by Gasteiger charge is 2.21. The highest BCUT2D eigenvalue weighted by atomic mass is 32.2. The molecule has 0 aliphatic heterocycles. The van der Waals surface area contributed by atoms with Crippen LogP contribution in [0.3, 0.4) is 0 Å². The molecular weight excluding hydrogens is 204 g/mol. The Labute approximate surface area is 85.9 Å². The number of aliphatic hydroxyl groups is 1. The van der Waals surface area contributed by atoms with Gasteiger partial charge >= 0.3 is 0 Å². The first-order valence-electron chi connectivity index (χ1n) is 4.72. The number of likely N-dealkylation sites (N-methyl/N-ethyl adjacent to an activating group) is 1. The number of nitrogens with zero attached hydrogens (tertiary/aromatic N) is 1. The van der Waals surface area contributed by atoms with E-state index >= 15 is 0 Å². The van der Waals surface area contributed by atoms with Crippen molar-refractivity contribution in [1.29, 1.82) is 0 Å². The van der Waals surface area contributed by atoms with E-state index in [-0.39, 0.29) is 18.4 Å². The monoisotopic (exact) mass is 224 g/mol. The van der Waals surface area contributed by atoms with Crippen LogP contribution in [0.1, 0.15) is 19.8 Å². The third kappa shape index (κ3) is 4.36. The molecule has 0 rings (SSSR count). The van der Waals surface area contributed by atoms with Crippen molar-refractivity contribution < 1.29 is 13.5 Å². The molecule has 0 aromatic rings. The van der Waals surface area contributed by atoms with Gasteiger partial charge in [-0.15, -0.1) is 0 Å². The largest absolute Gasteiger partial charge is 0.395 e. The molecule has 0 aliphatic carbocycles. The van der Waals surface area contributed by atoms with Gasteiger partial charge in [0.1, 0.15) is 0 Å². The first-order valence-corrected chi connectivity index (χ1v) is 6.33. The van der Waals surface area contributed by atoms with Crippen molar-refractivity contribution in [2.75, 3.05) is 26.0 Å². The second kappa shape index (κ2) is 6.34. The van der Waals surface area contributed by atoms with Crippen LogP contribution in [0.4, 0.5) is 0 Å². The fraction of sp³-hybridized carbons (Fsp3) is 1.00. The standard InChI is InChI=1S/C8H20N2O3S/c1-8(7-11)10(2)14(12,13)6-4-3-5-9/h8,11H,3-7,9H2,1-2H3. The van der Waals surface area contributed by atoms with E-state index in [0.29, 0.717) is 19.4 Å². The van der Waals surface area contributed by atoms with Gasteiger partial charge in [-0.2, -0.15) is 4.31 Å². The molecule has 0 aromatic heterocycles. The zero-order chi connectivity index (χ0) is 11.2. The van der Waals surface area contributed by atoms with Gasteiger partial charge in [0, 0.05) is 13.1 Å². The maximum absolute atomic E-state index is 11.6. The summed E-state index contributed by atoms with van der Waals surface area (Å²) in [5, 5.41) is 8.81. The Kier molecular flexibility index (Phi) is 6.26. The summed E-state index contributed by atoms with van der Waals surface area (Å²) in [5.41, 5.74) is 5.27. The molecule has 0 bridgehead atoms. The summed E-state index contributed by atoms with van der Waals surface area (Å²) in [7, 11) is -1.74. The predicted molar refractivity (Wildman–Crippen MR) is 56.4 cm³/mol. The second-order valence-electron chi connectivity index (χ2n) is 3.36. The lowest BCUT2D eigenvalue weighted by Crippen LogP contribution is -2.38. The van der Waals surface area contributed by atoms with E-state index in [2.05, 4.69) is 0 Å². The Balaban J connectivity index is 4.17. The van der Waals surface area contributed by atoms with Gasteiger partial charge in [0.25, 0.3) is 0 Å². The van der Waals surface area contributed by atoms with E-state index in [1.807, 2.05) is 0 Å². The van der Waals surface area contributed by atoms with E-state index in [1.165, 1.54) is 11.4 Å². The summed E-state index contributed by atoms with van der Waals surface area (Å²) in [6.07, 6.45) is 1.28. The van der Waals surface area contributed by atoms with Crippen LogP contribution in [0, 0.1) is 0 Å². The molecule has 0 saturated carbocycles. The molecule has 14 heavy (non-hydrogen) atoms. The lowest BCUT2D eigenvalue weighted by molar-refractivity contribution is 0.214. The minimum atomic E-state index is -3.23. The van der Waals surface area contributed by atoms with E-state index < -0.39 is 10.0 Å². The summed E-state index contributed by atoms with van der Waals surface area (Å²) < 4.78 is 24.4. The van der Waals surface area contributed by atoms with Gasteiger partial charge in [-0.3, -0.25) is 0 Å². The first kappa shape index (κ1) is 13.8. The van der Waals surface area contributed by atoms with Crippen molar-refractivity contribution in [3.05, 3.63) is 0 Å². The molecule has 0 aliphatic rings. The van der Waals surface area contributed by atoms with Crippen LogP contribution in [0.2, 0.25) is 0 Å². The second-order valence-corrected chi connectivity index (χ2v) is 5.51. The van der Waals surface area contributed by atoms with Gasteiger partial charge < -0.3 is 10.8 Å². The SMILES string of the molecule is CC(CO)N(C)S(=O)(=O)CCCCN. The number of nitrogens with two attached hydrogens (primary N) is 1. The average Bonchev–Trinajstić information content (AvgIpc) is 2.15. The summed E-state index contributed by atoms with van der Waals surface area (Å²) in [4.78, 5) is 0. The Morgan fingerprint density at radius 3 is 2.43 bits per heavy atom. The van der Waals surface area contributed by atoms with Gasteiger partial charge in [0.2, 0.25) is 10.0 Å². The van der Waals surface area contributed by atoms with Crippen molar-refractivity contribution in [3.8, 4) is 0 Å². The highest BCUT2D eigenvalue weighted by molar-refractivity contribution is 7.89. The molecule has 5 nitrogen and oxygen atoms in total. The summed E-state index contributed by atoms with van der Waals surface area (Å²) in [6.45, 7) is 2.02. The molecule has 3 N–H and O–H groups in total. The van der Waals surface area contributed by atoms with Gasteiger partial charge in [-0.25, -0.2) is 8.42 Å². The van der Waals surface area contributed by atoms with Crippen LogP contribution >= 0.6 is 0 Å². The topological polar surface area (TPSA) is 83.6 Å². The summed E-state index contributed by atoms with van der Waals surface area (Å²) >= 11 is 0. The van der Waals surface area contributed by atoms with Gasteiger partial charge in [0.05, 0.1) is 12.4 Å². The molecule has 0 heterocycles. The molecule has 0 radical (unpaired) electrons. The molecular formula is C8H20N2O3S. The van der Waals surface area contributed by atoms with Crippen molar-refractivity contribution in [3.63, 3.8) is 0 Å². The number of hydrogen-bond donors (Lipinski definition) is 2. The third-order valence-electron chi connectivity index (χ3n) is 2.18. The van der Waals surface area contributed by atoms with E-state index in [9.17, 15) is 8.42 Å². The molecule has 0 amide bonds. The Hall–Kier alpha value is -0.170. The maximum atomic E-state index is 11.6. The maximum Gasteiger partial charge on any atom is 0.214 e. The fourth-order valence-corrected chi connectivity index (χ4v) is 2.43. The van der Waals surface area contributed by atoms with Crippen LogP contribution in [0.5, 0.6) is 0 Å². The smallest absolute Gasteiger partial charge is 0.214 e. The third-order valence-corrected chi connectivity index (χ3v) is 4.22. The summed E-state index contributed by atoms with van der Waals surface area (Å²) in [6, 6.07) is -0.363. The first-order chi connectivity index (χ1) is 6.45. The number of hydrogen-bond acceptors (Lipinski definition) is 4. The molecule has 1 unspecified atom stereocenters. The predicted octanol–water partition coefficient (Wildman–Crippen LogP) is -0.632. The molecule has 1 atom stereocenters. The molecule has 6 heteroatoms. The molecule has 0 saturated heterocycles. The highest BCUT2D eigenvalue weighted by Crippen LogP contribution is 2.06. The van der Waals surface area contributed by atoms with Crippen molar-refractivity contribution in [2.45, 2.75) is 25.8 Å². The minimum absolute atomic E-state index is 0.102. The van der Waals surface area contributed by atoms with Crippen LogP contribution < -0.4 is 5.73 Å². The van der Waals surface area contributed by atoms with Crippen LogP contribution in [0.15, 0.2) is 0 Å². The fourth-order valence-electron chi connectivity index (χ4n) is 0.962. The van der Waals surface area contributed by atoms with Gasteiger partial charge in [-0.1, -0.05) is 0 Å². The molecule has 0 fully saturated rings. The zero-order valence-corrected chi connectivity index (χ0v) is 9.63. The van der Waals surface area contributed by atoms with Crippen LogP contribution in [0.25, 0.3) is 0 Å². The number of sulfonamides is 1. The molecule has 86 valence electrons. The molecule has 0 aromatic carbocycles. The molecule has 0 spiro atoms. The normalized spacial score (nSPS) is 14.6.